The second kappa shape index (κ2) is 10.5. The lowest BCUT2D eigenvalue weighted by Crippen LogP contribution is -2.41. The van der Waals surface area contributed by atoms with Crippen LogP contribution in [0.15, 0.2) is 52.5 Å². The monoisotopic (exact) mass is 517 g/mol. The van der Waals surface area contributed by atoms with Crippen molar-refractivity contribution >= 4 is 39.9 Å². The molecule has 0 saturated carbocycles. The number of nitrogens with one attached hydrogen (secondary N) is 1. The summed E-state index contributed by atoms with van der Waals surface area (Å²) in [6.45, 7) is 3.24. The molecule has 8 nitrogen and oxygen atoms in total. The predicted molar refractivity (Wildman–Crippen MR) is 124 cm³/mol. The molecule has 9 heteroatoms. The molecule has 2 aromatic carbocycles. The van der Waals surface area contributed by atoms with E-state index in [2.05, 4.69) is 21.2 Å². The average molecular weight is 518 g/mol. The van der Waals surface area contributed by atoms with E-state index in [4.69, 9.17) is 18.9 Å². The lowest BCUT2D eigenvalue weighted by molar-refractivity contribution is -0.222. The summed E-state index contributed by atoms with van der Waals surface area (Å²) in [5.41, 5.74) is 1.35. The van der Waals surface area contributed by atoms with E-state index in [-0.39, 0.29) is 18.1 Å². The fourth-order valence-corrected chi connectivity index (χ4v) is 3.49. The Balaban J connectivity index is 1.65. The summed E-state index contributed by atoms with van der Waals surface area (Å²) in [6, 6.07) is 13.0. The number of carbonyl (C=O) groups excluding carboxylic acids is 3. The van der Waals surface area contributed by atoms with E-state index in [0.29, 0.717) is 34.5 Å². The van der Waals surface area contributed by atoms with Crippen LogP contribution < -0.4 is 14.8 Å². The third kappa shape index (κ3) is 6.58. The van der Waals surface area contributed by atoms with Crippen LogP contribution in [0, 0.1) is 0 Å². The Morgan fingerprint density at radius 3 is 2.39 bits per heavy atom. The Morgan fingerprint density at radius 1 is 1.09 bits per heavy atom. The van der Waals surface area contributed by atoms with Crippen LogP contribution in [0.5, 0.6) is 11.5 Å². The van der Waals surface area contributed by atoms with Gasteiger partial charge in [0, 0.05) is 24.9 Å². The number of benzene rings is 2. The summed E-state index contributed by atoms with van der Waals surface area (Å²) >= 11 is 3.39. The highest BCUT2D eigenvalue weighted by Gasteiger charge is 2.39. The van der Waals surface area contributed by atoms with Crippen molar-refractivity contribution in [3.63, 3.8) is 0 Å². The van der Waals surface area contributed by atoms with Crippen molar-refractivity contribution in [3.05, 3.63) is 63.6 Å². The van der Waals surface area contributed by atoms with Gasteiger partial charge in [0.25, 0.3) is 11.7 Å². The quantitative estimate of drug-likeness (QED) is 0.325. The maximum absolute atomic E-state index is 12.2. The molecule has 0 unspecified atom stereocenters. The zero-order valence-electron chi connectivity index (χ0n) is 18.5. The number of cyclic esters (lactones) is 2. The van der Waals surface area contributed by atoms with E-state index >= 15 is 0 Å². The molecule has 1 aliphatic heterocycles. The first-order valence-electron chi connectivity index (χ1n) is 10.2. The number of methoxy groups -OCH3 is 1. The van der Waals surface area contributed by atoms with E-state index in [1.54, 1.807) is 12.1 Å². The molecular formula is C24H24BrNO7. The van der Waals surface area contributed by atoms with E-state index in [9.17, 15) is 14.4 Å². The summed E-state index contributed by atoms with van der Waals surface area (Å²) in [6.07, 6.45) is 2.06. The van der Waals surface area contributed by atoms with Gasteiger partial charge in [0.05, 0.1) is 7.11 Å². The van der Waals surface area contributed by atoms with Gasteiger partial charge in [-0.15, -0.1) is 0 Å². The van der Waals surface area contributed by atoms with Crippen LogP contribution in [0.1, 0.15) is 25.0 Å². The van der Waals surface area contributed by atoms with Crippen molar-refractivity contribution in [2.45, 2.75) is 26.1 Å². The molecule has 1 aliphatic rings. The van der Waals surface area contributed by atoms with Gasteiger partial charge in [-0.25, -0.2) is 9.59 Å². The Morgan fingerprint density at radius 2 is 1.76 bits per heavy atom. The largest absolute Gasteiger partial charge is 0.493 e. The Bertz CT molecular complexity index is 1060. The van der Waals surface area contributed by atoms with Crippen molar-refractivity contribution in [2.24, 2.45) is 0 Å². The Labute approximate surface area is 200 Å². The highest BCUT2D eigenvalue weighted by Crippen LogP contribution is 2.35. The first-order chi connectivity index (χ1) is 15.7. The van der Waals surface area contributed by atoms with Crippen LogP contribution in [0.25, 0.3) is 6.08 Å². The van der Waals surface area contributed by atoms with Gasteiger partial charge in [-0.2, -0.15) is 0 Å². The van der Waals surface area contributed by atoms with E-state index < -0.39 is 17.7 Å². The fourth-order valence-electron chi connectivity index (χ4n) is 3.05. The lowest BCUT2D eigenvalue weighted by atomic mass is 10.1. The molecule has 1 N–H and O–H groups in total. The maximum Gasteiger partial charge on any atom is 0.348 e. The average Bonchev–Trinajstić information content (AvgIpc) is 2.76. The SMILES string of the molecule is COc1cc(C=C2C(=O)OC(C)(C)OC2=O)c(Br)cc1OCC(=O)NCCc1ccccc1. The van der Waals surface area contributed by atoms with Crippen molar-refractivity contribution < 1.29 is 33.3 Å². The summed E-state index contributed by atoms with van der Waals surface area (Å²) in [7, 11) is 1.44. The number of rotatable bonds is 8. The molecule has 1 saturated heterocycles. The molecule has 0 spiro atoms. The number of hydrogen-bond donors (Lipinski definition) is 1. The van der Waals surface area contributed by atoms with Gasteiger partial charge in [0.2, 0.25) is 0 Å². The molecule has 1 heterocycles. The molecule has 0 aromatic heterocycles. The molecule has 0 aliphatic carbocycles. The van der Waals surface area contributed by atoms with Crippen LogP contribution in [0.2, 0.25) is 0 Å². The molecule has 2 aromatic rings. The zero-order valence-corrected chi connectivity index (χ0v) is 20.1. The summed E-state index contributed by atoms with van der Waals surface area (Å²) in [4.78, 5) is 36.6. The molecule has 0 radical (unpaired) electrons. The van der Waals surface area contributed by atoms with Gasteiger partial charge in [0.15, 0.2) is 18.1 Å². The molecule has 174 valence electrons. The number of amides is 1. The van der Waals surface area contributed by atoms with Gasteiger partial charge in [-0.3, -0.25) is 4.79 Å². The van der Waals surface area contributed by atoms with Crippen molar-refractivity contribution in [3.8, 4) is 11.5 Å². The standard InChI is InChI=1S/C24H24BrNO7/c1-24(2)32-22(28)17(23(29)33-24)11-16-12-19(30-3)20(13-18(16)25)31-14-21(27)26-10-9-15-7-5-4-6-8-15/h4-8,11-13H,9-10,14H2,1-3H3,(H,26,27). The van der Waals surface area contributed by atoms with E-state index in [1.165, 1.54) is 27.0 Å². The highest BCUT2D eigenvalue weighted by molar-refractivity contribution is 9.10. The maximum atomic E-state index is 12.2. The summed E-state index contributed by atoms with van der Waals surface area (Å²) in [5.74, 6) is -2.52. The molecule has 1 fully saturated rings. The molecule has 0 bridgehead atoms. The second-order valence-corrected chi connectivity index (χ2v) is 8.49. The van der Waals surface area contributed by atoms with E-state index in [1.807, 2.05) is 30.3 Å². The third-order valence-corrected chi connectivity index (χ3v) is 5.32. The van der Waals surface area contributed by atoms with Crippen molar-refractivity contribution in [2.75, 3.05) is 20.3 Å². The Hall–Kier alpha value is -3.33. The Kier molecular flexibility index (Phi) is 7.75. The summed E-state index contributed by atoms with van der Waals surface area (Å²) < 4.78 is 21.7. The van der Waals surface area contributed by atoms with Crippen LogP contribution in [0.3, 0.4) is 0 Å². The minimum Gasteiger partial charge on any atom is -0.493 e. The predicted octanol–water partition coefficient (Wildman–Crippen LogP) is 3.41. The summed E-state index contributed by atoms with van der Waals surface area (Å²) in [5, 5.41) is 2.81. The van der Waals surface area contributed by atoms with Gasteiger partial charge in [-0.05, 0) is 35.8 Å². The number of carbonyl (C=O) groups is 3. The molecule has 1 amide bonds. The smallest absolute Gasteiger partial charge is 0.348 e. The van der Waals surface area contributed by atoms with Crippen LogP contribution in [-0.2, 0) is 30.3 Å². The minimum atomic E-state index is -1.32. The second-order valence-electron chi connectivity index (χ2n) is 7.64. The van der Waals surface area contributed by atoms with Gasteiger partial charge >= 0.3 is 11.9 Å². The van der Waals surface area contributed by atoms with Gasteiger partial charge < -0.3 is 24.3 Å². The fraction of sp³-hybridized carbons (Fsp3) is 0.292. The molecule has 33 heavy (non-hydrogen) atoms. The highest BCUT2D eigenvalue weighted by atomic mass is 79.9. The first kappa shape index (κ1) is 24.3. The number of halogens is 1. The number of hydrogen-bond acceptors (Lipinski definition) is 7. The number of ether oxygens (including phenoxy) is 4. The van der Waals surface area contributed by atoms with Crippen LogP contribution >= 0.6 is 15.9 Å². The van der Waals surface area contributed by atoms with Gasteiger partial charge in [-0.1, -0.05) is 46.3 Å². The first-order valence-corrected chi connectivity index (χ1v) is 11.0. The van der Waals surface area contributed by atoms with Crippen LogP contribution in [-0.4, -0.2) is 43.9 Å². The van der Waals surface area contributed by atoms with Crippen LogP contribution in [0.4, 0.5) is 0 Å². The molecule has 0 atom stereocenters. The lowest BCUT2D eigenvalue weighted by Gasteiger charge is -2.29. The number of esters is 2. The van der Waals surface area contributed by atoms with E-state index in [0.717, 1.165) is 5.56 Å². The van der Waals surface area contributed by atoms with Gasteiger partial charge in [0.1, 0.15) is 5.57 Å². The third-order valence-electron chi connectivity index (χ3n) is 4.64. The normalized spacial score (nSPS) is 14.7. The topological polar surface area (TPSA) is 100 Å². The molecular weight excluding hydrogens is 494 g/mol. The van der Waals surface area contributed by atoms with Crippen molar-refractivity contribution in [1.82, 2.24) is 5.32 Å². The molecule has 3 rings (SSSR count). The van der Waals surface area contributed by atoms with Crippen molar-refractivity contribution in [1.29, 1.82) is 0 Å². The zero-order chi connectivity index (χ0) is 24.0. The minimum absolute atomic E-state index is 0.203.